The van der Waals surface area contributed by atoms with Crippen LogP contribution in [-0.4, -0.2) is 12.2 Å². The number of nitrogens with two attached hydrogens (primary N) is 1. The summed E-state index contributed by atoms with van der Waals surface area (Å²) >= 11 is 2.94. The molecule has 0 unspecified atom stereocenters. The van der Waals surface area contributed by atoms with Gasteiger partial charge in [0, 0.05) is 15.5 Å². The number of aryl methyl sites for hydroxylation is 1. The fraction of sp³-hybridized carbons (Fsp3) is 0.286. The molecular weight excluding hydrogens is 474 g/mol. The van der Waals surface area contributed by atoms with Crippen molar-refractivity contribution in [2.75, 3.05) is 5.73 Å². The van der Waals surface area contributed by atoms with Crippen molar-refractivity contribution in [1.82, 2.24) is 0 Å². The summed E-state index contributed by atoms with van der Waals surface area (Å²) in [6.07, 6.45) is 0.443. The Morgan fingerprint density at radius 1 is 0.771 bits per heavy atom. The predicted molar refractivity (Wildman–Crippen MR) is 142 cm³/mol. The van der Waals surface area contributed by atoms with Crippen molar-refractivity contribution in [3.05, 3.63) is 65.2 Å². The third-order valence-electron chi connectivity index (χ3n) is 4.95. The van der Waals surface area contributed by atoms with Gasteiger partial charge >= 0.3 is 0 Å². The van der Waals surface area contributed by atoms with Gasteiger partial charge in [0.25, 0.3) is 0 Å². The number of benzene rings is 3. The Kier molecular flexibility index (Phi) is 8.98. The Hall–Kier alpha value is -3.26. The Bertz CT molecular complexity index is 1290. The van der Waals surface area contributed by atoms with Crippen molar-refractivity contribution in [1.29, 1.82) is 10.5 Å². The molecule has 3 rings (SSSR count). The minimum atomic E-state index is -0.209. The van der Waals surface area contributed by atoms with Crippen molar-refractivity contribution in [3.63, 3.8) is 0 Å². The van der Waals surface area contributed by atoms with Crippen molar-refractivity contribution in [2.24, 2.45) is 0 Å². The smallest absolute Gasteiger partial charge is 0.154 e. The highest BCUT2D eigenvalue weighted by Crippen LogP contribution is 2.53. The first-order chi connectivity index (χ1) is 16.8. The van der Waals surface area contributed by atoms with E-state index in [4.69, 9.17) is 15.2 Å². The Morgan fingerprint density at radius 2 is 1.23 bits per heavy atom. The minimum absolute atomic E-state index is 0.168. The van der Waals surface area contributed by atoms with E-state index < -0.39 is 0 Å². The van der Waals surface area contributed by atoms with E-state index in [1.165, 1.54) is 29.1 Å². The molecule has 0 bridgehead atoms. The molecule has 0 spiro atoms. The fourth-order valence-electron chi connectivity index (χ4n) is 3.44. The average molecular weight is 504 g/mol. The largest absolute Gasteiger partial charge is 0.488 e. The van der Waals surface area contributed by atoms with Gasteiger partial charge in [-0.1, -0.05) is 60.8 Å². The summed E-state index contributed by atoms with van der Waals surface area (Å²) in [5.74, 6) is 0.767. The molecule has 0 heterocycles. The first kappa shape index (κ1) is 26.3. The molecule has 0 aromatic heterocycles. The van der Waals surface area contributed by atoms with Crippen LogP contribution >= 0.6 is 23.5 Å². The lowest BCUT2D eigenvalue weighted by Crippen LogP contribution is -2.13. The number of hydrogen-bond acceptors (Lipinski definition) is 7. The zero-order valence-electron chi connectivity index (χ0n) is 20.6. The molecule has 2 N–H and O–H groups in total. The highest BCUT2D eigenvalue weighted by Gasteiger charge is 2.29. The highest BCUT2D eigenvalue weighted by atomic mass is 32.2. The van der Waals surface area contributed by atoms with Crippen molar-refractivity contribution in [3.8, 4) is 23.6 Å². The molecule has 0 amide bonds. The molecule has 0 atom stereocenters. The van der Waals surface area contributed by atoms with E-state index in [2.05, 4.69) is 31.2 Å². The molecule has 0 radical (unpaired) electrons. The fourth-order valence-corrected chi connectivity index (χ4v) is 5.81. The van der Waals surface area contributed by atoms with E-state index in [1.54, 1.807) is 0 Å². The van der Waals surface area contributed by atoms with Crippen molar-refractivity contribution < 1.29 is 9.47 Å². The van der Waals surface area contributed by atoms with Gasteiger partial charge in [-0.2, -0.15) is 10.5 Å². The average Bonchev–Trinajstić information content (AvgIpc) is 2.83. The molecule has 3 aromatic rings. The van der Waals surface area contributed by atoms with Crippen LogP contribution in [0.5, 0.6) is 11.5 Å². The van der Waals surface area contributed by atoms with Gasteiger partial charge in [0.1, 0.15) is 23.3 Å². The number of hydrogen-bond donors (Lipinski definition) is 1. The molecule has 7 heteroatoms. The summed E-state index contributed by atoms with van der Waals surface area (Å²) in [6, 6.07) is 20.1. The molecule has 180 valence electrons. The van der Waals surface area contributed by atoms with Crippen LogP contribution in [-0.2, 0) is 6.42 Å². The maximum Gasteiger partial charge on any atom is 0.154 e. The molecule has 5 nitrogen and oxygen atoms in total. The summed E-state index contributed by atoms with van der Waals surface area (Å²) in [5, 5.41) is 20.3. The number of nitriles is 2. The number of anilines is 1. The van der Waals surface area contributed by atoms with Gasteiger partial charge in [-0.25, -0.2) is 0 Å². The van der Waals surface area contributed by atoms with Gasteiger partial charge in [-0.3, -0.25) is 0 Å². The van der Waals surface area contributed by atoms with Crippen LogP contribution in [0, 0.1) is 22.7 Å². The van der Waals surface area contributed by atoms with Gasteiger partial charge in [-0.05, 0) is 57.9 Å². The number of ether oxygens (including phenoxy) is 2. The normalized spacial score (nSPS) is 10.8. The third kappa shape index (κ3) is 6.06. The van der Waals surface area contributed by atoms with Crippen molar-refractivity contribution >= 4 is 29.2 Å². The molecular formula is C28H29N3O2S2. The summed E-state index contributed by atoms with van der Waals surface area (Å²) in [7, 11) is 0. The van der Waals surface area contributed by atoms with Crippen molar-refractivity contribution in [2.45, 2.75) is 72.8 Å². The Labute approximate surface area is 216 Å². The van der Waals surface area contributed by atoms with Crippen LogP contribution in [0.1, 0.15) is 51.3 Å². The molecule has 35 heavy (non-hydrogen) atoms. The predicted octanol–water partition coefficient (Wildman–Crippen LogP) is 7.45. The van der Waals surface area contributed by atoms with Crippen LogP contribution in [0.4, 0.5) is 5.69 Å². The van der Waals surface area contributed by atoms with Gasteiger partial charge < -0.3 is 15.2 Å². The molecule has 0 aliphatic heterocycles. The quantitative estimate of drug-likeness (QED) is 0.303. The van der Waals surface area contributed by atoms with E-state index in [0.717, 1.165) is 21.1 Å². The standard InChI is InChI=1S/C28H29N3O2S2/c1-6-19-11-7-9-13-23(19)34-27-25(32-17(2)3)20(15-29)21(16-30)26(33-18(4)5)28(27)35-24-14-10-8-12-22(24)31/h7-14,17-18H,6,31H2,1-5H3. The minimum Gasteiger partial charge on any atom is -0.488 e. The number of para-hydroxylation sites is 1. The van der Waals surface area contributed by atoms with Gasteiger partial charge in [0.15, 0.2) is 11.5 Å². The zero-order valence-corrected chi connectivity index (χ0v) is 22.2. The summed E-state index contributed by atoms with van der Waals surface area (Å²) in [6.45, 7) is 9.72. The second kappa shape index (κ2) is 11.9. The molecule has 0 saturated carbocycles. The summed E-state index contributed by atoms with van der Waals surface area (Å²) < 4.78 is 12.4. The van der Waals surface area contributed by atoms with E-state index in [9.17, 15) is 10.5 Å². The number of rotatable bonds is 9. The van der Waals surface area contributed by atoms with Crippen LogP contribution in [0.3, 0.4) is 0 Å². The SMILES string of the molecule is CCc1ccccc1Sc1c(OC(C)C)c(C#N)c(C#N)c(OC(C)C)c1Sc1ccccc1N. The van der Waals surface area contributed by atoms with E-state index in [-0.39, 0.29) is 23.3 Å². The van der Waals surface area contributed by atoms with Crippen LogP contribution in [0.25, 0.3) is 0 Å². The first-order valence-electron chi connectivity index (χ1n) is 11.5. The number of nitrogens with zero attached hydrogens (tertiary/aromatic N) is 2. The van der Waals surface area contributed by atoms with Crippen LogP contribution < -0.4 is 15.2 Å². The molecule has 0 aliphatic rings. The molecule has 0 saturated heterocycles. The Morgan fingerprint density at radius 3 is 1.69 bits per heavy atom. The van der Waals surface area contributed by atoms with Gasteiger partial charge in [0.05, 0.1) is 22.0 Å². The second-order valence-electron chi connectivity index (χ2n) is 8.33. The van der Waals surface area contributed by atoms with E-state index in [0.29, 0.717) is 22.1 Å². The zero-order chi connectivity index (χ0) is 25.5. The third-order valence-corrected chi connectivity index (χ3v) is 7.48. The number of nitrogen functional groups attached to an aromatic ring is 1. The topological polar surface area (TPSA) is 92.1 Å². The lowest BCUT2D eigenvalue weighted by atomic mass is 10.1. The monoisotopic (exact) mass is 503 g/mol. The summed E-state index contributed by atoms with van der Waals surface area (Å²) in [4.78, 5) is 3.32. The second-order valence-corrected chi connectivity index (χ2v) is 10.4. The summed E-state index contributed by atoms with van der Waals surface area (Å²) in [5.41, 5.74) is 8.44. The van der Waals surface area contributed by atoms with E-state index >= 15 is 0 Å². The van der Waals surface area contributed by atoms with Crippen LogP contribution in [0.15, 0.2) is 68.1 Å². The van der Waals surface area contributed by atoms with Crippen LogP contribution in [0.2, 0.25) is 0 Å². The van der Waals surface area contributed by atoms with Gasteiger partial charge in [0.2, 0.25) is 0 Å². The first-order valence-corrected chi connectivity index (χ1v) is 13.1. The lowest BCUT2D eigenvalue weighted by molar-refractivity contribution is 0.223. The maximum atomic E-state index is 10.1. The Balaban J connectivity index is 2.42. The highest BCUT2D eigenvalue weighted by molar-refractivity contribution is 8.02. The molecule has 0 fully saturated rings. The van der Waals surface area contributed by atoms with E-state index in [1.807, 2.05) is 64.1 Å². The van der Waals surface area contributed by atoms with Gasteiger partial charge in [-0.15, -0.1) is 0 Å². The maximum absolute atomic E-state index is 10.1. The molecule has 3 aromatic carbocycles. The lowest BCUT2D eigenvalue weighted by Gasteiger charge is -2.24. The molecule has 0 aliphatic carbocycles.